The lowest BCUT2D eigenvalue weighted by Gasteiger charge is -2.26. The Hall–Kier alpha value is -2.42. The molecule has 26 heavy (non-hydrogen) atoms. The molecule has 0 radical (unpaired) electrons. The number of hydrogen-bond acceptors (Lipinski definition) is 5. The molecule has 0 aliphatic carbocycles. The van der Waals surface area contributed by atoms with Crippen LogP contribution in [0.5, 0.6) is 5.75 Å². The van der Waals surface area contributed by atoms with Crippen molar-refractivity contribution >= 4 is 15.9 Å². The average Bonchev–Trinajstić information content (AvgIpc) is 2.67. The lowest BCUT2D eigenvalue weighted by atomic mass is 10.00. The zero-order valence-corrected chi connectivity index (χ0v) is 15.3. The number of hydroxylamine groups is 1. The molecule has 1 amide bonds. The average molecular weight is 376 g/mol. The fraction of sp³-hybridized carbons (Fsp3) is 0.278. The summed E-state index contributed by atoms with van der Waals surface area (Å²) < 4.78 is 30.7. The van der Waals surface area contributed by atoms with Gasteiger partial charge >= 0.3 is 0 Å². The van der Waals surface area contributed by atoms with Crippen LogP contribution in [0.25, 0.3) is 0 Å². The molecule has 0 saturated carbocycles. The van der Waals surface area contributed by atoms with Crippen LogP contribution in [-0.4, -0.2) is 39.6 Å². The van der Waals surface area contributed by atoms with Crippen LogP contribution in [0.4, 0.5) is 0 Å². The number of carbonyl (C=O) groups is 1. The molecule has 2 aromatic carbocycles. The summed E-state index contributed by atoms with van der Waals surface area (Å²) in [5.41, 5.74) is 1.32. The Bertz CT molecular complexity index is 896. The van der Waals surface area contributed by atoms with Crippen molar-refractivity contribution in [3.05, 3.63) is 59.7 Å². The Balaban J connectivity index is 1.76. The fourth-order valence-corrected chi connectivity index (χ4v) is 3.73. The molecular weight excluding hydrogens is 356 g/mol. The first kappa shape index (κ1) is 18.4. The van der Waals surface area contributed by atoms with E-state index in [1.54, 1.807) is 0 Å². The highest BCUT2D eigenvalue weighted by Crippen LogP contribution is 2.31. The number of amides is 1. The second-order valence-electron chi connectivity index (χ2n) is 5.82. The molecule has 1 aliphatic heterocycles. The number of fused-ring (bicyclic) bond motifs is 1. The van der Waals surface area contributed by atoms with Crippen LogP contribution >= 0.6 is 0 Å². The molecule has 1 N–H and O–H groups in total. The van der Waals surface area contributed by atoms with E-state index in [0.717, 1.165) is 15.8 Å². The minimum absolute atomic E-state index is 0.0508. The van der Waals surface area contributed by atoms with Crippen molar-refractivity contribution in [3.8, 4) is 5.75 Å². The van der Waals surface area contributed by atoms with E-state index in [2.05, 4.69) is 5.32 Å². The lowest BCUT2D eigenvalue weighted by Crippen LogP contribution is -2.32. The first-order valence-corrected chi connectivity index (χ1v) is 9.53. The highest BCUT2D eigenvalue weighted by Gasteiger charge is 2.24. The molecule has 8 heteroatoms. The van der Waals surface area contributed by atoms with E-state index in [4.69, 9.17) is 9.57 Å². The van der Waals surface area contributed by atoms with Crippen molar-refractivity contribution in [3.63, 3.8) is 0 Å². The number of sulfonamides is 1. The second-order valence-corrected chi connectivity index (χ2v) is 7.76. The van der Waals surface area contributed by atoms with Crippen molar-refractivity contribution in [2.75, 3.05) is 20.8 Å². The fourth-order valence-electron chi connectivity index (χ4n) is 2.76. The van der Waals surface area contributed by atoms with E-state index < -0.39 is 10.0 Å². The summed E-state index contributed by atoms with van der Waals surface area (Å²) >= 11 is 0. The monoisotopic (exact) mass is 376 g/mol. The summed E-state index contributed by atoms with van der Waals surface area (Å²) in [5.74, 6) is 0.504. The number of para-hydroxylation sites is 1. The third-order valence-electron chi connectivity index (χ3n) is 4.27. The van der Waals surface area contributed by atoms with E-state index in [-0.39, 0.29) is 16.8 Å². The molecule has 2 aromatic rings. The van der Waals surface area contributed by atoms with Gasteiger partial charge in [0.15, 0.2) is 0 Å². The maximum absolute atomic E-state index is 12.5. The van der Waals surface area contributed by atoms with Gasteiger partial charge in [0, 0.05) is 24.6 Å². The Kier molecular flexibility index (Phi) is 5.26. The van der Waals surface area contributed by atoms with Gasteiger partial charge in [-0.3, -0.25) is 9.63 Å². The number of hydrogen-bond donors (Lipinski definition) is 1. The predicted molar refractivity (Wildman–Crippen MR) is 95.2 cm³/mol. The van der Waals surface area contributed by atoms with Crippen LogP contribution in [0.3, 0.4) is 0 Å². The lowest BCUT2D eigenvalue weighted by molar-refractivity contribution is -0.0258. The Labute approximate surface area is 152 Å². The molecule has 138 valence electrons. The third kappa shape index (κ3) is 3.57. The third-order valence-corrected chi connectivity index (χ3v) is 5.97. The van der Waals surface area contributed by atoms with Gasteiger partial charge in [0.1, 0.15) is 5.75 Å². The summed E-state index contributed by atoms with van der Waals surface area (Å²) in [6, 6.07) is 13.2. The number of ether oxygens (including phenoxy) is 1. The van der Waals surface area contributed by atoms with Crippen molar-refractivity contribution in [2.24, 2.45) is 0 Å². The van der Waals surface area contributed by atoms with Gasteiger partial charge < -0.3 is 10.1 Å². The molecule has 0 fully saturated rings. The second kappa shape index (κ2) is 7.45. The van der Waals surface area contributed by atoms with Gasteiger partial charge in [-0.25, -0.2) is 8.42 Å². The van der Waals surface area contributed by atoms with Gasteiger partial charge in [-0.15, -0.1) is 0 Å². The molecule has 0 spiro atoms. The van der Waals surface area contributed by atoms with E-state index in [1.165, 1.54) is 38.4 Å². The van der Waals surface area contributed by atoms with Crippen LogP contribution in [0.15, 0.2) is 53.4 Å². The highest BCUT2D eigenvalue weighted by atomic mass is 32.2. The van der Waals surface area contributed by atoms with Crippen molar-refractivity contribution in [1.29, 1.82) is 0 Å². The van der Waals surface area contributed by atoms with Crippen LogP contribution in [0.2, 0.25) is 0 Å². The molecule has 1 atom stereocenters. The van der Waals surface area contributed by atoms with Gasteiger partial charge in [0.25, 0.3) is 15.9 Å². The molecule has 0 bridgehead atoms. The van der Waals surface area contributed by atoms with E-state index in [9.17, 15) is 13.2 Å². The summed E-state index contributed by atoms with van der Waals surface area (Å²) in [4.78, 5) is 17.3. The number of benzene rings is 2. The summed E-state index contributed by atoms with van der Waals surface area (Å²) in [5, 5.41) is 2.98. The number of nitrogens with one attached hydrogen (secondary N) is 1. The number of carbonyl (C=O) groups excluding carboxylic acids is 1. The molecule has 0 unspecified atom stereocenters. The van der Waals surface area contributed by atoms with Gasteiger partial charge in [-0.2, -0.15) is 0 Å². The maximum Gasteiger partial charge on any atom is 0.264 e. The van der Waals surface area contributed by atoms with Gasteiger partial charge in [-0.05, 0) is 30.3 Å². The largest absolute Gasteiger partial charge is 0.493 e. The van der Waals surface area contributed by atoms with Gasteiger partial charge in [0.05, 0.1) is 24.7 Å². The summed E-state index contributed by atoms with van der Waals surface area (Å²) in [7, 11) is -1.16. The standard InChI is InChI=1S/C18H20N2O5S/c1-20(24-2)26(22,23)14-9-7-13(8-10-14)18(21)19-16-11-12-25-17-6-4-3-5-15(16)17/h3-10,16H,11-12H2,1-2H3,(H,19,21)/t16-/m1/s1. The minimum atomic E-state index is -3.74. The highest BCUT2D eigenvalue weighted by molar-refractivity contribution is 7.89. The smallest absolute Gasteiger partial charge is 0.264 e. The SMILES string of the molecule is CON(C)S(=O)(=O)c1ccc(C(=O)N[C@@H]2CCOc3ccccc32)cc1. The zero-order chi connectivity index (χ0) is 18.7. The summed E-state index contributed by atoms with van der Waals surface area (Å²) in [6.07, 6.45) is 0.674. The van der Waals surface area contributed by atoms with E-state index in [0.29, 0.717) is 18.6 Å². The quantitative estimate of drug-likeness (QED) is 0.808. The molecule has 1 aliphatic rings. The number of rotatable bonds is 5. The van der Waals surface area contributed by atoms with Crippen LogP contribution < -0.4 is 10.1 Å². The van der Waals surface area contributed by atoms with E-state index >= 15 is 0 Å². The topological polar surface area (TPSA) is 84.9 Å². The Morgan fingerprint density at radius 1 is 1.19 bits per heavy atom. The molecule has 3 rings (SSSR count). The summed E-state index contributed by atoms with van der Waals surface area (Å²) in [6.45, 7) is 0.530. The molecule has 1 heterocycles. The van der Waals surface area contributed by atoms with E-state index in [1.807, 2.05) is 24.3 Å². The Morgan fingerprint density at radius 3 is 2.58 bits per heavy atom. The number of nitrogens with zero attached hydrogens (tertiary/aromatic N) is 1. The first-order valence-electron chi connectivity index (χ1n) is 8.09. The maximum atomic E-state index is 12.5. The van der Waals surface area contributed by atoms with Crippen molar-refractivity contribution in [2.45, 2.75) is 17.4 Å². The van der Waals surface area contributed by atoms with Gasteiger partial charge in [-0.1, -0.05) is 22.7 Å². The molecule has 0 saturated heterocycles. The molecular formula is C18H20N2O5S. The van der Waals surface area contributed by atoms with Crippen molar-refractivity contribution < 1.29 is 22.8 Å². The minimum Gasteiger partial charge on any atom is -0.493 e. The Morgan fingerprint density at radius 2 is 1.88 bits per heavy atom. The predicted octanol–water partition coefficient (Wildman–Crippen LogP) is 2.12. The first-order chi connectivity index (χ1) is 12.4. The zero-order valence-electron chi connectivity index (χ0n) is 14.5. The van der Waals surface area contributed by atoms with Crippen LogP contribution in [-0.2, 0) is 14.9 Å². The normalized spacial score (nSPS) is 16.7. The van der Waals surface area contributed by atoms with Crippen LogP contribution in [0, 0.1) is 0 Å². The molecule has 7 nitrogen and oxygen atoms in total. The van der Waals surface area contributed by atoms with Crippen molar-refractivity contribution in [1.82, 2.24) is 9.79 Å². The van der Waals surface area contributed by atoms with Gasteiger partial charge in [0.2, 0.25) is 0 Å². The molecule has 0 aromatic heterocycles. The van der Waals surface area contributed by atoms with Crippen LogP contribution in [0.1, 0.15) is 28.4 Å².